The highest BCUT2D eigenvalue weighted by Crippen LogP contribution is 1.90. The molecule has 0 fully saturated rings. The van der Waals surface area contributed by atoms with Crippen LogP contribution in [0.5, 0.6) is 0 Å². The predicted molar refractivity (Wildman–Crippen MR) is 47.4 cm³/mol. The summed E-state index contributed by atoms with van der Waals surface area (Å²) < 4.78 is 0. The molecule has 0 heterocycles. The van der Waals surface area contributed by atoms with Crippen molar-refractivity contribution >= 4 is 0 Å². The number of hydrogen-bond donors (Lipinski definition) is 2. The number of likely N-dealkylation sites (N-methyl/N-ethyl adjacent to an activating group) is 1. The Morgan fingerprint density at radius 1 is 1.45 bits per heavy atom. The van der Waals surface area contributed by atoms with Crippen molar-refractivity contribution in [1.82, 2.24) is 10.2 Å². The fourth-order valence-corrected chi connectivity index (χ4v) is 0.634. The zero-order chi connectivity index (χ0) is 8.85. The highest BCUT2D eigenvalue weighted by atomic mass is 16.3. The van der Waals surface area contributed by atoms with Crippen LogP contribution in [0.1, 0.15) is 20.3 Å². The number of hydrogen-bond acceptors (Lipinski definition) is 3. The van der Waals surface area contributed by atoms with Crippen LogP contribution in [0.25, 0.3) is 0 Å². The van der Waals surface area contributed by atoms with Crippen LogP contribution in [0, 0.1) is 0 Å². The van der Waals surface area contributed by atoms with Crippen molar-refractivity contribution in [3.05, 3.63) is 0 Å². The Labute approximate surface area is 69.4 Å². The van der Waals surface area contributed by atoms with Gasteiger partial charge in [-0.2, -0.15) is 0 Å². The second-order valence-corrected chi connectivity index (χ2v) is 3.14. The van der Waals surface area contributed by atoms with Crippen LogP contribution >= 0.6 is 0 Å². The summed E-state index contributed by atoms with van der Waals surface area (Å²) in [5.41, 5.74) is 0. The van der Waals surface area contributed by atoms with E-state index in [0.717, 1.165) is 13.0 Å². The van der Waals surface area contributed by atoms with Crippen LogP contribution in [-0.4, -0.2) is 42.9 Å². The van der Waals surface area contributed by atoms with Crippen molar-refractivity contribution in [3.63, 3.8) is 0 Å². The monoisotopic (exact) mass is 160 g/mol. The van der Waals surface area contributed by atoms with Gasteiger partial charge in [-0.3, -0.25) is 5.32 Å². The average Bonchev–Trinajstić information content (AvgIpc) is 1.99. The van der Waals surface area contributed by atoms with Gasteiger partial charge in [0.2, 0.25) is 0 Å². The molecule has 3 heteroatoms. The molecule has 2 atom stereocenters. The topological polar surface area (TPSA) is 35.5 Å². The Balaban J connectivity index is 3.37. The normalized spacial score (nSPS) is 16.9. The maximum absolute atomic E-state index is 9.16. The van der Waals surface area contributed by atoms with Crippen molar-refractivity contribution in [2.45, 2.75) is 32.5 Å². The van der Waals surface area contributed by atoms with Gasteiger partial charge >= 0.3 is 0 Å². The minimum atomic E-state index is -0.350. The lowest BCUT2D eigenvalue weighted by atomic mass is 10.3. The number of rotatable bonds is 5. The first-order chi connectivity index (χ1) is 5.07. The standard InChI is InChI=1S/C8H20N2O/c1-5-8(11)9-6-7(2)10(3)4/h7-9,11H,5-6H2,1-4H3. The lowest BCUT2D eigenvalue weighted by Crippen LogP contribution is -2.39. The van der Waals surface area contributed by atoms with E-state index in [-0.39, 0.29) is 6.23 Å². The second kappa shape index (κ2) is 5.52. The summed E-state index contributed by atoms with van der Waals surface area (Å²) in [6, 6.07) is 0.469. The Hall–Kier alpha value is -0.120. The fraction of sp³-hybridized carbons (Fsp3) is 1.00. The van der Waals surface area contributed by atoms with Gasteiger partial charge < -0.3 is 10.0 Å². The molecule has 0 saturated carbocycles. The molecule has 0 aromatic heterocycles. The summed E-state index contributed by atoms with van der Waals surface area (Å²) in [4.78, 5) is 2.12. The van der Waals surface area contributed by atoms with Gasteiger partial charge in [0, 0.05) is 12.6 Å². The molecule has 0 saturated heterocycles. The molecule has 0 radical (unpaired) electrons. The van der Waals surface area contributed by atoms with E-state index >= 15 is 0 Å². The van der Waals surface area contributed by atoms with Gasteiger partial charge in [0.25, 0.3) is 0 Å². The molecule has 0 rings (SSSR count). The van der Waals surface area contributed by atoms with Crippen molar-refractivity contribution in [1.29, 1.82) is 0 Å². The highest BCUT2D eigenvalue weighted by Gasteiger charge is 2.05. The largest absolute Gasteiger partial charge is 0.379 e. The van der Waals surface area contributed by atoms with E-state index in [0.29, 0.717) is 6.04 Å². The molecule has 0 spiro atoms. The predicted octanol–water partition coefficient (Wildman–Crippen LogP) is 0.254. The summed E-state index contributed by atoms with van der Waals surface area (Å²) in [6.45, 7) is 4.91. The zero-order valence-corrected chi connectivity index (χ0v) is 7.96. The molecule has 3 nitrogen and oxygen atoms in total. The van der Waals surface area contributed by atoms with Crippen molar-refractivity contribution < 1.29 is 5.11 Å². The minimum Gasteiger partial charge on any atom is -0.379 e. The first-order valence-corrected chi connectivity index (χ1v) is 4.15. The quantitative estimate of drug-likeness (QED) is 0.566. The molecule has 68 valence electrons. The van der Waals surface area contributed by atoms with E-state index in [1.54, 1.807) is 0 Å². The Bertz CT molecular complexity index is 96.1. The number of aliphatic hydroxyl groups excluding tert-OH is 1. The summed E-state index contributed by atoms with van der Waals surface area (Å²) in [5, 5.41) is 12.2. The molecule has 2 unspecified atom stereocenters. The van der Waals surface area contributed by atoms with E-state index in [9.17, 15) is 0 Å². The van der Waals surface area contributed by atoms with Crippen LogP contribution in [0.15, 0.2) is 0 Å². The maximum atomic E-state index is 9.16. The molecule has 0 bridgehead atoms. The Kier molecular flexibility index (Phi) is 5.46. The Morgan fingerprint density at radius 3 is 2.36 bits per heavy atom. The second-order valence-electron chi connectivity index (χ2n) is 3.14. The van der Waals surface area contributed by atoms with Gasteiger partial charge in [-0.25, -0.2) is 0 Å². The minimum absolute atomic E-state index is 0.350. The highest BCUT2D eigenvalue weighted by molar-refractivity contribution is 4.63. The number of nitrogens with one attached hydrogen (secondary N) is 1. The third kappa shape index (κ3) is 5.18. The molecule has 0 aliphatic rings. The summed E-state index contributed by atoms with van der Waals surface area (Å²) >= 11 is 0. The summed E-state index contributed by atoms with van der Waals surface area (Å²) in [5.74, 6) is 0. The molecule has 0 aromatic carbocycles. The van der Waals surface area contributed by atoms with Crippen LogP contribution in [0.4, 0.5) is 0 Å². The Morgan fingerprint density at radius 2 is 2.00 bits per heavy atom. The first-order valence-electron chi connectivity index (χ1n) is 4.15. The number of nitrogens with zero attached hydrogens (tertiary/aromatic N) is 1. The van der Waals surface area contributed by atoms with Gasteiger partial charge in [-0.1, -0.05) is 6.92 Å². The summed E-state index contributed by atoms with van der Waals surface area (Å²) in [7, 11) is 4.06. The van der Waals surface area contributed by atoms with Gasteiger partial charge in [-0.05, 0) is 27.4 Å². The van der Waals surface area contributed by atoms with Gasteiger partial charge in [0.15, 0.2) is 0 Å². The van der Waals surface area contributed by atoms with E-state index in [1.807, 2.05) is 21.0 Å². The zero-order valence-electron chi connectivity index (χ0n) is 7.96. The third-order valence-electron chi connectivity index (χ3n) is 1.92. The fourth-order valence-electron chi connectivity index (χ4n) is 0.634. The lowest BCUT2D eigenvalue weighted by Gasteiger charge is -2.21. The van der Waals surface area contributed by atoms with E-state index in [1.165, 1.54) is 0 Å². The smallest absolute Gasteiger partial charge is 0.104 e. The van der Waals surface area contributed by atoms with Gasteiger partial charge in [0.1, 0.15) is 6.23 Å². The third-order valence-corrected chi connectivity index (χ3v) is 1.92. The van der Waals surface area contributed by atoms with E-state index in [2.05, 4.69) is 17.1 Å². The SMILES string of the molecule is CCC(O)NCC(C)N(C)C. The molecule has 2 N–H and O–H groups in total. The molecule has 0 aliphatic heterocycles. The van der Waals surface area contributed by atoms with Crippen molar-refractivity contribution in [2.24, 2.45) is 0 Å². The van der Waals surface area contributed by atoms with Crippen molar-refractivity contribution in [3.8, 4) is 0 Å². The molecule has 0 aliphatic carbocycles. The van der Waals surface area contributed by atoms with Crippen LogP contribution in [0.3, 0.4) is 0 Å². The van der Waals surface area contributed by atoms with Crippen LogP contribution < -0.4 is 5.32 Å². The van der Waals surface area contributed by atoms with E-state index in [4.69, 9.17) is 5.11 Å². The molecule has 0 aromatic rings. The van der Waals surface area contributed by atoms with Crippen LogP contribution in [-0.2, 0) is 0 Å². The van der Waals surface area contributed by atoms with Gasteiger partial charge in [0.05, 0.1) is 0 Å². The molecular formula is C8H20N2O. The van der Waals surface area contributed by atoms with Gasteiger partial charge in [-0.15, -0.1) is 0 Å². The summed E-state index contributed by atoms with van der Waals surface area (Å²) in [6.07, 6.45) is 0.414. The molecular weight excluding hydrogens is 140 g/mol. The maximum Gasteiger partial charge on any atom is 0.104 e. The first kappa shape index (κ1) is 10.9. The lowest BCUT2D eigenvalue weighted by molar-refractivity contribution is 0.123. The van der Waals surface area contributed by atoms with Crippen molar-refractivity contribution in [2.75, 3.05) is 20.6 Å². The molecule has 0 amide bonds. The average molecular weight is 160 g/mol. The van der Waals surface area contributed by atoms with Crippen LogP contribution in [0.2, 0.25) is 0 Å². The van der Waals surface area contributed by atoms with E-state index < -0.39 is 0 Å². The number of aliphatic hydroxyl groups is 1. The molecule has 11 heavy (non-hydrogen) atoms.